The first-order valence-corrected chi connectivity index (χ1v) is 11.6. The van der Waals surface area contributed by atoms with Crippen LogP contribution in [-0.4, -0.2) is 18.5 Å². The Morgan fingerprint density at radius 3 is 2.50 bits per heavy atom. The average Bonchev–Trinajstić information content (AvgIpc) is 2.86. The summed E-state index contributed by atoms with van der Waals surface area (Å²) in [6, 6.07) is 21.3. The molecule has 0 aliphatic carbocycles. The average molecular weight is 486 g/mol. The molecule has 0 aliphatic rings. The Morgan fingerprint density at radius 1 is 0.972 bits per heavy atom. The van der Waals surface area contributed by atoms with Crippen LogP contribution in [0, 0.1) is 6.92 Å². The van der Waals surface area contributed by atoms with Crippen molar-refractivity contribution >= 4 is 22.8 Å². The number of carbonyl (C=O) groups excluding carboxylic acids is 2. The van der Waals surface area contributed by atoms with E-state index in [-0.39, 0.29) is 36.0 Å². The van der Waals surface area contributed by atoms with Gasteiger partial charge in [-0.1, -0.05) is 56.3 Å². The monoisotopic (exact) mass is 485 g/mol. The van der Waals surface area contributed by atoms with Crippen LogP contribution < -0.4 is 20.4 Å². The molecule has 7 heteroatoms. The second-order valence-electron chi connectivity index (χ2n) is 8.77. The van der Waals surface area contributed by atoms with E-state index in [4.69, 9.17) is 13.9 Å². The zero-order chi connectivity index (χ0) is 25.7. The number of ether oxygens (including phenoxy) is 2. The van der Waals surface area contributed by atoms with Crippen molar-refractivity contribution in [3.63, 3.8) is 0 Å². The summed E-state index contributed by atoms with van der Waals surface area (Å²) >= 11 is 0. The highest BCUT2D eigenvalue weighted by molar-refractivity contribution is 5.96. The van der Waals surface area contributed by atoms with Gasteiger partial charge < -0.3 is 19.2 Å². The van der Waals surface area contributed by atoms with Gasteiger partial charge in [-0.25, -0.2) is 9.59 Å². The van der Waals surface area contributed by atoms with E-state index >= 15 is 0 Å². The minimum Gasteiger partial charge on any atom is -0.482 e. The van der Waals surface area contributed by atoms with E-state index in [2.05, 4.69) is 19.2 Å². The highest BCUT2D eigenvalue weighted by Gasteiger charge is 2.16. The summed E-state index contributed by atoms with van der Waals surface area (Å²) in [5.74, 6) is -0.0346. The second-order valence-corrected chi connectivity index (χ2v) is 8.77. The molecule has 1 N–H and O–H groups in total. The number of hydrogen-bond acceptors (Lipinski definition) is 6. The number of fused-ring (bicyclic) bond motifs is 1. The molecule has 0 saturated heterocycles. The third kappa shape index (κ3) is 5.99. The van der Waals surface area contributed by atoms with E-state index in [9.17, 15) is 14.4 Å². The number of amides is 1. The molecule has 36 heavy (non-hydrogen) atoms. The molecule has 0 unspecified atom stereocenters. The molecule has 1 aromatic heterocycles. The third-order valence-corrected chi connectivity index (χ3v) is 5.62. The quantitative estimate of drug-likeness (QED) is 0.211. The minimum absolute atomic E-state index is 0.101. The highest BCUT2D eigenvalue weighted by atomic mass is 16.6. The van der Waals surface area contributed by atoms with Crippen molar-refractivity contribution in [3.8, 4) is 11.5 Å². The first-order chi connectivity index (χ1) is 17.3. The van der Waals surface area contributed by atoms with Gasteiger partial charge in [-0.15, -0.1) is 0 Å². The first kappa shape index (κ1) is 24.7. The summed E-state index contributed by atoms with van der Waals surface area (Å²) in [7, 11) is 0. The molecule has 7 nitrogen and oxygen atoms in total. The molecule has 0 bridgehead atoms. The minimum atomic E-state index is -0.777. The number of esters is 1. The molecule has 0 saturated carbocycles. The van der Waals surface area contributed by atoms with Gasteiger partial charge in [0.15, 0.2) is 6.61 Å². The SMILES string of the molecule is Cc1ccc(C(C)C)c(OCC(=O)Oc2ccc3cc(C(=O)NCc4ccccc4)c(=O)oc3c2)c1. The number of aryl methyl sites for hydroxylation is 1. The molecule has 0 spiro atoms. The largest absolute Gasteiger partial charge is 0.482 e. The van der Waals surface area contributed by atoms with Crippen LogP contribution in [0.2, 0.25) is 0 Å². The predicted molar refractivity (Wildman–Crippen MR) is 136 cm³/mol. The smallest absolute Gasteiger partial charge is 0.349 e. The van der Waals surface area contributed by atoms with E-state index in [1.54, 1.807) is 12.1 Å². The maximum Gasteiger partial charge on any atom is 0.349 e. The fraction of sp³-hybridized carbons (Fsp3) is 0.207. The molecule has 184 valence electrons. The van der Waals surface area contributed by atoms with E-state index in [1.165, 1.54) is 12.1 Å². The lowest BCUT2D eigenvalue weighted by Gasteiger charge is -2.14. The number of benzene rings is 3. The van der Waals surface area contributed by atoms with E-state index in [1.807, 2.05) is 55.5 Å². The van der Waals surface area contributed by atoms with E-state index < -0.39 is 17.5 Å². The zero-order valence-electron chi connectivity index (χ0n) is 20.4. The normalized spacial score (nSPS) is 10.9. The van der Waals surface area contributed by atoms with Crippen molar-refractivity contribution in [2.45, 2.75) is 33.2 Å². The van der Waals surface area contributed by atoms with Crippen LogP contribution in [0.15, 0.2) is 82.0 Å². The van der Waals surface area contributed by atoms with Gasteiger partial charge in [0.1, 0.15) is 22.6 Å². The maximum atomic E-state index is 12.5. The van der Waals surface area contributed by atoms with Crippen molar-refractivity contribution in [1.29, 1.82) is 0 Å². The number of rotatable bonds is 8. The zero-order valence-corrected chi connectivity index (χ0v) is 20.4. The van der Waals surface area contributed by atoms with Crippen LogP contribution in [0.4, 0.5) is 0 Å². The number of carbonyl (C=O) groups is 2. The molecular weight excluding hydrogens is 458 g/mol. The summed E-state index contributed by atoms with van der Waals surface area (Å²) in [6.07, 6.45) is 0. The van der Waals surface area contributed by atoms with E-state index in [0.717, 1.165) is 16.7 Å². The summed E-state index contributed by atoms with van der Waals surface area (Å²) in [4.78, 5) is 37.3. The Balaban J connectivity index is 1.42. The Morgan fingerprint density at radius 2 is 1.75 bits per heavy atom. The van der Waals surface area contributed by atoms with Crippen LogP contribution in [0.25, 0.3) is 11.0 Å². The second kappa shape index (κ2) is 10.9. The van der Waals surface area contributed by atoms with Gasteiger partial charge in [-0.05, 0) is 53.8 Å². The molecule has 0 atom stereocenters. The maximum absolute atomic E-state index is 12.5. The molecule has 4 rings (SSSR count). The molecule has 0 aliphatic heterocycles. The lowest BCUT2D eigenvalue weighted by molar-refractivity contribution is -0.136. The molecule has 0 fully saturated rings. The highest BCUT2D eigenvalue weighted by Crippen LogP contribution is 2.27. The lowest BCUT2D eigenvalue weighted by atomic mass is 10.0. The van der Waals surface area contributed by atoms with Crippen LogP contribution in [0.5, 0.6) is 11.5 Å². The van der Waals surface area contributed by atoms with Crippen molar-refractivity contribution in [1.82, 2.24) is 5.32 Å². The fourth-order valence-corrected chi connectivity index (χ4v) is 3.73. The topological polar surface area (TPSA) is 94.8 Å². The number of nitrogens with one attached hydrogen (secondary N) is 1. The van der Waals surface area contributed by atoms with Crippen molar-refractivity contribution in [2.24, 2.45) is 0 Å². The fourth-order valence-electron chi connectivity index (χ4n) is 3.73. The third-order valence-electron chi connectivity index (χ3n) is 5.62. The van der Waals surface area contributed by atoms with Crippen molar-refractivity contribution in [3.05, 3.63) is 105 Å². The van der Waals surface area contributed by atoms with Gasteiger partial charge in [0.2, 0.25) is 0 Å². The Bertz CT molecular complexity index is 1460. The molecule has 1 heterocycles. The lowest BCUT2D eigenvalue weighted by Crippen LogP contribution is -2.27. The Hall–Kier alpha value is -4.39. The van der Waals surface area contributed by atoms with Crippen molar-refractivity contribution in [2.75, 3.05) is 6.61 Å². The number of hydrogen-bond donors (Lipinski definition) is 1. The van der Waals surface area contributed by atoms with Gasteiger partial charge in [0.25, 0.3) is 5.91 Å². The Kier molecular flexibility index (Phi) is 7.49. The van der Waals surface area contributed by atoms with E-state index in [0.29, 0.717) is 11.1 Å². The summed E-state index contributed by atoms with van der Waals surface area (Å²) < 4.78 is 16.4. The van der Waals surface area contributed by atoms with Gasteiger partial charge >= 0.3 is 11.6 Å². The summed E-state index contributed by atoms with van der Waals surface area (Å²) in [5.41, 5.74) is 2.27. The summed E-state index contributed by atoms with van der Waals surface area (Å²) in [5, 5.41) is 3.24. The molecule has 0 radical (unpaired) electrons. The van der Waals surface area contributed by atoms with Crippen LogP contribution in [0.3, 0.4) is 0 Å². The summed E-state index contributed by atoms with van der Waals surface area (Å²) in [6.45, 7) is 6.07. The van der Waals surface area contributed by atoms with Gasteiger partial charge in [-0.2, -0.15) is 0 Å². The van der Waals surface area contributed by atoms with Gasteiger partial charge in [0, 0.05) is 18.0 Å². The van der Waals surface area contributed by atoms with Crippen LogP contribution in [-0.2, 0) is 11.3 Å². The Labute approximate surface area is 208 Å². The first-order valence-electron chi connectivity index (χ1n) is 11.6. The van der Waals surface area contributed by atoms with Crippen LogP contribution >= 0.6 is 0 Å². The van der Waals surface area contributed by atoms with Crippen LogP contribution in [0.1, 0.15) is 46.8 Å². The molecule has 3 aromatic carbocycles. The molecule has 1 amide bonds. The molecule has 4 aromatic rings. The van der Waals surface area contributed by atoms with Gasteiger partial charge in [0.05, 0.1) is 0 Å². The standard InChI is InChI=1S/C29H27NO6/c1-18(2)23-12-9-19(3)13-26(23)34-17-27(31)35-22-11-10-21-14-24(29(33)36-25(21)15-22)28(32)30-16-20-7-5-4-6-8-20/h4-15,18H,16-17H2,1-3H3,(H,30,32). The van der Waals surface area contributed by atoms with Crippen molar-refractivity contribution < 1.29 is 23.5 Å². The molecular formula is C29H27NO6. The van der Waals surface area contributed by atoms with Gasteiger partial charge in [-0.3, -0.25) is 4.79 Å². The predicted octanol–water partition coefficient (Wildman–Crippen LogP) is 5.14.